The van der Waals surface area contributed by atoms with E-state index in [-0.39, 0.29) is 11.8 Å². The lowest BCUT2D eigenvalue weighted by Gasteiger charge is -2.16. The third kappa shape index (κ3) is 3.93. The molecule has 1 N–H and O–H groups in total. The summed E-state index contributed by atoms with van der Waals surface area (Å²) in [6, 6.07) is 18.8. The molecule has 0 saturated carbocycles. The summed E-state index contributed by atoms with van der Waals surface area (Å²) >= 11 is 0. The predicted octanol–water partition coefficient (Wildman–Crippen LogP) is 4.08. The Morgan fingerprint density at radius 3 is 2.62 bits per heavy atom. The summed E-state index contributed by atoms with van der Waals surface area (Å²) in [5.74, 6) is -0.194. The molecule has 0 saturated heterocycles. The maximum Gasteiger partial charge on any atom is 0.231 e. The molecular formula is C18H18N2O. The molecule has 1 atom stereocenters. The predicted molar refractivity (Wildman–Crippen MR) is 83.9 cm³/mol. The van der Waals surface area contributed by atoms with Gasteiger partial charge in [0, 0.05) is 5.69 Å². The van der Waals surface area contributed by atoms with E-state index < -0.39 is 0 Å². The van der Waals surface area contributed by atoms with Gasteiger partial charge in [-0.2, -0.15) is 5.26 Å². The summed E-state index contributed by atoms with van der Waals surface area (Å²) in [7, 11) is 0. The first kappa shape index (κ1) is 14.8. The van der Waals surface area contributed by atoms with Crippen LogP contribution < -0.4 is 5.32 Å². The summed E-state index contributed by atoms with van der Waals surface area (Å²) in [5.41, 5.74) is 2.23. The highest BCUT2D eigenvalue weighted by atomic mass is 16.1. The van der Waals surface area contributed by atoms with Crippen molar-refractivity contribution in [3.05, 3.63) is 65.7 Å². The highest BCUT2D eigenvalue weighted by molar-refractivity contribution is 5.95. The van der Waals surface area contributed by atoms with Gasteiger partial charge < -0.3 is 5.32 Å². The van der Waals surface area contributed by atoms with Crippen molar-refractivity contribution < 1.29 is 4.79 Å². The van der Waals surface area contributed by atoms with E-state index >= 15 is 0 Å². The van der Waals surface area contributed by atoms with Crippen LogP contribution in [0.2, 0.25) is 0 Å². The van der Waals surface area contributed by atoms with Crippen LogP contribution in [-0.2, 0) is 4.79 Å². The van der Waals surface area contributed by atoms with Gasteiger partial charge in [0.05, 0.1) is 17.6 Å². The third-order valence-electron chi connectivity index (χ3n) is 3.35. The van der Waals surface area contributed by atoms with Crippen LogP contribution >= 0.6 is 0 Å². The van der Waals surface area contributed by atoms with E-state index in [2.05, 4.69) is 18.3 Å². The van der Waals surface area contributed by atoms with Gasteiger partial charge in [-0.3, -0.25) is 4.79 Å². The number of carbonyl (C=O) groups excluding carboxylic acids is 1. The van der Waals surface area contributed by atoms with Gasteiger partial charge in [-0.1, -0.05) is 49.7 Å². The second-order valence-corrected chi connectivity index (χ2v) is 4.93. The summed E-state index contributed by atoms with van der Waals surface area (Å²) in [5, 5.41) is 11.8. The number of rotatable bonds is 5. The Morgan fingerprint density at radius 2 is 1.95 bits per heavy atom. The van der Waals surface area contributed by atoms with E-state index in [1.807, 2.05) is 30.3 Å². The fraction of sp³-hybridized carbons (Fsp3) is 0.222. The lowest BCUT2D eigenvalue weighted by molar-refractivity contribution is -0.117. The van der Waals surface area contributed by atoms with Crippen LogP contribution in [0, 0.1) is 11.3 Å². The van der Waals surface area contributed by atoms with E-state index in [4.69, 9.17) is 5.26 Å². The van der Waals surface area contributed by atoms with Gasteiger partial charge in [0.1, 0.15) is 0 Å². The molecule has 3 heteroatoms. The molecule has 0 spiro atoms. The van der Waals surface area contributed by atoms with Crippen molar-refractivity contribution in [3.8, 4) is 6.07 Å². The highest BCUT2D eigenvalue weighted by Gasteiger charge is 2.19. The first-order chi connectivity index (χ1) is 10.2. The topological polar surface area (TPSA) is 52.9 Å². The highest BCUT2D eigenvalue weighted by Crippen LogP contribution is 2.23. The number of anilines is 1. The molecule has 1 amide bonds. The van der Waals surface area contributed by atoms with Crippen LogP contribution in [0.15, 0.2) is 54.6 Å². The Labute approximate surface area is 125 Å². The zero-order chi connectivity index (χ0) is 15.1. The standard InChI is InChI=1S/C18H18N2O/c1-2-7-17(15-9-4-3-5-10-15)18(21)20-16-11-6-8-14(12-16)13-19/h3-6,8-12,17H,2,7H2,1H3,(H,20,21). The first-order valence-corrected chi connectivity index (χ1v) is 7.10. The normalized spacial score (nSPS) is 11.4. The smallest absolute Gasteiger partial charge is 0.231 e. The van der Waals surface area contributed by atoms with Gasteiger partial charge in [0.25, 0.3) is 0 Å². The Morgan fingerprint density at radius 1 is 1.19 bits per heavy atom. The number of nitriles is 1. The second-order valence-electron chi connectivity index (χ2n) is 4.93. The molecular weight excluding hydrogens is 260 g/mol. The minimum Gasteiger partial charge on any atom is -0.326 e. The van der Waals surface area contributed by atoms with Crippen LogP contribution in [0.5, 0.6) is 0 Å². The second kappa shape index (κ2) is 7.25. The lowest BCUT2D eigenvalue weighted by Crippen LogP contribution is -2.21. The Hall–Kier alpha value is -2.60. The molecule has 0 radical (unpaired) electrons. The minimum absolute atomic E-state index is 0.0295. The molecule has 0 aliphatic heterocycles. The number of benzene rings is 2. The van der Waals surface area contributed by atoms with Crippen molar-refractivity contribution in [3.63, 3.8) is 0 Å². The van der Waals surface area contributed by atoms with Crippen molar-refractivity contribution in [2.45, 2.75) is 25.7 Å². The maximum atomic E-state index is 12.5. The van der Waals surface area contributed by atoms with Crippen molar-refractivity contribution in [2.75, 3.05) is 5.32 Å². The zero-order valence-corrected chi connectivity index (χ0v) is 12.0. The van der Waals surface area contributed by atoms with Crippen molar-refractivity contribution in [1.29, 1.82) is 5.26 Å². The van der Waals surface area contributed by atoms with Crippen LogP contribution in [0.25, 0.3) is 0 Å². The number of amides is 1. The van der Waals surface area contributed by atoms with E-state index in [1.54, 1.807) is 24.3 Å². The average Bonchev–Trinajstić information content (AvgIpc) is 2.53. The Balaban J connectivity index is 2.17. The minimum atomic E-state index is -0.165. The molecule has 0 aromatic heterocycles. The molecule has 3 nitrogen and oxygen atoms in total. The molecule has 106 valence electrons. The molecule has 2 rings (SSSR count). The molecule has 0 fully saturated rings. The zero-order valence-electron chi connectivity index (χ0n) is 12.0. The first-order valence-electron chi connectivity index (χ1n) is 7.10. The van der Waals surface area contributed by atoms with E-state index in [1.165, 1.54) is 0 Å². The number of nitrogens with one attached hydrogen (secondary N) is 1. The van der Waals surface area contributed by atoms with Gasteiger partial charge in [-0.05, 0) is 30.2 Å². The van der Waals surface area contributed by atoms with Gasteiger partial charge in [0.15, 0.2) is 0 Å². The summed E-state index contributed by atoms with van der Waals surface area (Å²) in [6.07, 6.45) is 1.74. The third-order valence-corrected chi connectivity index (χ3v) is 3.35. The largest absolute Gasteiger partial charge is 0.326 e. The van der Waals surface area contributed by atoms with Crippen LogP contribution in [0.4, 0.5) is 5.69 Å². The van der Waals surface area contributed by atoms with Gasteiger partial charge in [-0.15, -0.1) is 0 Å². The van der Waals surface area contributed by atoms with E-state index in [9.17, 15) is 4.79 Å². The Bertz CT molecular complexity index is 644. The lowest BCUT2D eigenvalue weighted by atomic mass is 9.93. The number of carbonyl (C=O) groups is 1. The average molecular weight is 278 g/mol. The Kier molecular flexibility index (Phi) is 5.11. The SMILES string of the molecule is CCCC(C(=O)Nc1cccc(C#N)c1)c1ccccc1. The number of hydrogen-bond acceptors (Lipinski definition) is 2. The summed E-state index contributed by atoms with van der Waals surface area (Å²) in [6.45, 7) is 2.07. The monoisotopic (exact) mass is 278 g/mol. The van der Waals surface area contributed by atoms with Crippen molar-refractivity contribution in [2.24, 2.45) is 0 Å². The molecule has 2 aromatic carbocycles. The summed E-state index contributed by atoms with van der Waals surface area (Å²) < 4.78 is 0. The van der Waals surface area contributed by atoms with Gasteiger partial charge >= 0.3 is 0 Å². The van der Waals surface area contributed by atoms with E-state index in [0.29, 0.717) is 11.3 Å². The molecule has 0 aliphatic carbocycles. The number of hydrogen-bond donors (Lipinski definition) is 1. The van der Waals surface area contributed by atoms with Crippen LogP contribution in [0.3, 0.4) is 0 Å². The fourth-order valence-electron chi connectivity index (χ4n) is 2.32. The quantitative estimate of drug-likeness (QED) is 0.896. The molecule has 21 heavy (non-hydrogen) atoms. The molecule has 0 aliphatic rings. The molecule has 1 unspecified atom stereocenters. The molecule has 0 bridgehead atoms. The van der Waals surface area contributed by atoms with Gasteiger partial charge in [0.2, 0.25) is 5.91 Å². The van der Waals surface area contributed by atoms with Crippen molar-refractivity contribution in [1.82, 2.24) is 0 Å². The van der Waals surface area contributed by atoms with Crippen molar-refractivity contribution >= 4 is 11.6 Å². The van der Waals surface area contributed by atoms with E-state index in [0.717, 1.165) is 18.4 Å². The fourth-order valence-corrected chi connectivity index (χ4v) is 2.32. The van der Waals surface area contributed by atoms with Gasteiger partial charge in [-0.25, -0.2) is 0 Å². The number of nitrogens with zero attached hydrogens (tertiary/aromatic N) is 1. The molecule has 0 heterocycles. The maximum absolute atomic E-state index is 12.5. The summed E-state index contributed by atoms with van der Waals surface area (Å²) in [4.78, 5) is 12.5. The van der Waals surface area contributed by atoms with Crippen LogP contribution in [0.1, 0.15) is 36.8 Å². The molecule has 2 aromatic rings. The van der Waals surface area contributed by atoms with Crippen LogP contribution in [-0.4, -0.2) is 5.91 Å².